The van der Waals surface area contributed by atoms with Crippen LogP contribution in [0, 0.1) is 6.92 Å². The third kappa shape index (κ3) is 1.78. The summed E-state index contributed by atoms with van der Waals surface area (Å²) in [6.07, 6.45) is 0. The molecule has 3 N–H and O–H groups in total. The summed E-state index contributed by atoms with van der Waals surface area (Å²) in [6.45, 7) is 2.00. The summed E-state index contributed by atoms with van der Waals surface area (Å²) in [5.74, 6) is 0. The summed E-state index contributed by atoms with van der Waals surface area (Å²) in [6, 6.07) is 1.86. The minimum absolute atomic E-state index is 0.0556. The molecule has 1 heterocycles. The second-order valence-electron chi connectivity index (χ2n) is 2.50. The van der Waals surface area contributed by atoms with Crippen molar-refractivity contribution in [2.24, 2.45) is 0 Å². The van der Waals surface area contributed by atoms with Gasteiger partial charge in [0.2, 0.25) is 0 Å². The van der Waals surface area contributed by atoms with Crippen LogP contribution in [0.4, 0.5) is 0 Å². The van der Waals surface area contributed by atoms with Gasteiger partial charge in [0.15, 0.2) is 0 Å². The molecule has 4 heteroatoms. The molecule has 0 aliphatic carbocycles. The van der Waals surface area contributed by atoms with E-state index >= 15 is 0 Å². The standard InChI is InChI=1S/C7H13N3O/c1-5-3-6(10-9-5)7(4-11)8-2/h3,7-8,11H,4H2,1-2H3,(H,9,10). The lowest BCUT2D eigenvalue weighted by Crippen LogP contribution is -2.20. The van der Waals surface area contributed by atoms with Crippen molar-refractivity contribution in [3.05, 3.63) is 17.5 Å². The lowest BCUT2D eigenvalue weighted by atomic mass is 10.2. The molecule has 0 amide bonds. The van der Waals surface area contributed by atoms with Gasteiger partial charge in [0.05, 0.1) is 18.3 Å². The van der Waals surface area contributed by atoms with E-state index in [9.17, 15) is 0 Å². The van der Waals surface area contributed by atoms with Crippen molar-refractivity contribution in [1.82, 2.24) is 15.5 Å². The number of likely N-dealkylation sites (N-methyl/N-ethyl adjacent to an activating group) is 1. The fraction of sp³-hybridized carbons (Fsp3) is 0.571. The summed E-state index contributed by atoms with van der Waals surface area (Å²) in [4.78, 5) is 0. The summed E-state index contributed by atoms with van der Waals surface area (Å²) >= 11 is 0. The van der Waals surface area contributed by atoms with E-state index < -0.39 is 0 Å². The number of nitrogens with zero attached hydrogens (tertiary/aromatic N) is 1. The van der Waals surface area contributed by atoms with Crippen LogP contribution in [0.15, 0.2) is 6.07 Å². The number of hydrogen-bond donors (Lipinski definition) is 3. The molecular formula is C7H13N3O. The molecule has 0 saturated heterocycles. The normalized spacial score (nSPS) is 13.4. The Kier molecular flexibility index (Phi) is 2.62. The molecule has 62 valence electrons. The third-order valence-corrected chi connectivity index (χ3v) is 1.61. The topological polar surface area (TPSA) is 60.9 Å². The van der Waals surface area contributed by atoms with Crippen LogP contribution in [-0.2, 0) is 0 Å². The van der Waals surface area contributed by atoms with Crippen LogP contribution in [0.2, 0.25) is 0 Å². The van der Waals surface area contributed by atoms with Gasteiger partial charge >= 0.3 is 0 Å². The van der Waals surface area contributed by atoms with Crippen molar-refractivity contribution in [1.29, 1.82) is 0 Å². The zero-order valence-electron chi connectivity index (χ0n) is 6.76. The molecule has 11 heavy (non-hydrogen) atoms. The van der Waals surface area contributed by atoms with Crippen LogP contribution in [0.5, 0.6) is 0 Å². The average molecular weight is 155 g/mol. The molecule has 4 nitrogen and oxygen atoms in total. The van der Waals surface area contributed by atoms with Gasteiger partial charge in [-0.05, 0) is 20.0 Å². The molecule has 0 aliphatic heterocycles. The molecule has 1 aromatic rings. The number of aliphatic hydroxyl groups is 1. The highest BCUT2D eigenvalue weighted by molar-refractivity contribution is 5.10. The molecule has 0 aliphatic rings. The molecule has 1 rings (SSSR count). The Labute approximate surface area is 65.6 Å². The number of nitrogens with one attached hydrogen (secondary N) is 2. The second-order valence-corrected chi connectivity index (χ2v) is 2.50. The van der Waals surface area contributed by atoms with E-state index in [1.807, 2.05) is 13.0 Å². The molecule has 1 aromatic heterocycles. The van der Waals surface area contributed by atoms with Gasteiger partial charge in [-0.3, -0.25) is 5.10 Å². The monoisotopic (exact) mass is 155 g/mol. The van der Waals surface area contributed by atoms with Crippen LogP contribution < -0.4 is 5.32 Å². The second kappa shape index (κ2) is 3.50. The number of aliphatic hydroxyl groups excluding tert-OH is 1. The van der Waals surface area contributed by atoms with Crippen LogP contribution in [0.1, 0.15) is 17.4 Å². The molecule has 0 bridgehead atoms. The Balaban J connectivity index is 2.73. The van der Waals surface area contributed by atoms with Crippen molar-refractivity contribution < 1.29 is 5.11 Å². The van der Waals surface area contributed by atoms with Crippen LogP contribution in [-0.4, -0.2) is 29.0 Å². The van der Waals surface area contributed by atoms with Crippen molar-refractivity contribution in [2.75, 3.05) is 13.7 Å². The number of aromatic amines is 1. The van der Waals surface area contributed by atoms with Crippen molar-refractivity contribution in [3.8, 4) is 0 Å². The highest BCUT2D eigenvalue weighted by Crippen LogP contribution is 2.08. The van der Waals surface area contributed by atoms with Crippen LogP contribution in [0.3, 0.4) is 0 Å². The summed E-state index contributed by atoms with van der Waals surface area (Å²) in [7, 11) is 1.80. The smallest absolute Gasteiger partial charge is 0.0817 e. The largest absolute Gasteiger partial charge is 0.394 e. The van der Waals surface area contributed by atoms with E-state index in [2.05, 4.69) is 15.5 Å². The van der Waals surface area contributed by atoms with Gasteiger partial charge in [-0.15, -0.1) is 0 Å². The zero-order valence-corrected chi connectivity index (χ0v) is 6.76. The Bertz CT molecular complexity index is 217. The maximum absolute atomic E-state index is 8.87. The van der Waals surface area contributed by atoms with E-state index in [-0.39, 0.29) is 12.6 Å². The number of aryl methyl sites for hydroxylation is 1. The molecule has 1 unspecified atom stereocenters. The van der Waals surface area contributed by atoms with Crippen molar-refractivity contribution >= 4 is 0 Å². The third-order valence-electron chi connectivity index (χ3n) is 1.61. The van der Waals surface area contributed by atoms with Crippen molar-refractivity contribution in [2.45, 2.75) is 13.0 Å². The van der Waals surface area contributed by atoms with Gasteiger partial charge in [-0.2, -0.15) is 5.10 Å². The van der Waals surface area contributed by atoms with E-state index in [4.69, 9.17) is 5.11 Å². The molecule has 0 saturated carbocycles. The fourth-order valence-corrected chi connectivity index (χ4v) is 0.950. The van der Waals surface area contributed by atoms with Gasteiger partial charge in [-0.1, -0.05) is 0 Å². The number of rotatable bonds is 3. The maximum atomic E-state index is 8.87. The van der Waals surface area contributed by atoms with E-state index in [1.165, 1.54) is 0 Å². The van der Waals surface area contributed by atoms with Crippen LogP contribution in [0.25, 0.3) is 0 Å². The quantitative estimate of drug-likeness (QED) is 0.574. The highest BCUT2D eigenvalue weighted by Gasteiger charge is 2.09. The summed E-state index contributed by atoms with van der Waals surface area (Å²) in [5, 5.41) is 18.6. The van der Waals surface area contributed by atoms with Crippen LogP contribution >= 0.6 is 0 Å². The van der Waals surface area contributed by atoms with Gasteiger partial charge in [0, 0.05) is 5.69 Å². The minimum atomic E-state index is -0.0556. The maximum Gasteiger partial charge on any atom is 0.0817 e. The zero-order chi connectivity index (χ0) is 8.27. The lowest BCUT2D eigenvalue weighted by Gasteiger charge is -2.08. The predicted molar refractivity (Wildman–Crippen MR) is 42.2 cm³/mol. The van der Waals surface area contributed by atoms with Crippen molar-refractivity contribution in [3.63, 3.8) is 0 Å². The van der Waals surface area contributed by atoms with E-state index in [1.54, 1.807) is 7.05 Å². The van der Waals surface area contributed by atoms with E-state index in [0.29, 0.717) is 0 Å². The molecule has 1 atom stereocenters. The Morgan fingerprint density at radius 2 is 2.55 bits per heavy atom. The first-order chi connectivity index (χ1) is 5.27. The summed E-state index contributed by atoms with van der Waals surface area (Å²) < 4.78 is 0. The predicted octanol–water partition coefficient (Wildman–Crippen LogP) is -0.0291. The van der Waals surface area contributed by atoms with E-state index in [0.717, 1.165) is 11.4 Å². The summed E-state index contributed by atoms with van der Waals surface area (Å²) in [5.41, 5.74) is 1.86. The highest BCUT2D eigenvalue weighted by atomic mass is 16.3. The number of aromatic nitrogens is 2. The van der Waals surface area contributed by atoms with Gasteiger partial charge < -0.3 is 10.4 Å². The number of hydrogen-bond acceptors (Lipinski definition) is 3. The SMILES string of the molecule is CNC(CO)c1cc(C)[nH]n1. The van der Waals surface area contributed by atoms with Gasteiger partial charge in [0.25, 0.3) is 0 Å². The first-order valence-corrected chi connectivity index (χ1v) is 3.58. The molecule has 0 spiro atoms. The Morgan fingerprint density at radius 1 is 1.82 bits per heavy atom. The molecular weight excluding hydrogens is 142 g/mol. The fourth-order valence-electron chi connectivity index (χ4n) is 0.950. The molecule has 0 radical (unpaired) electrons. The average Bonchev–Trinajstić information content (AvgIpc) is 2.39. The van der Waals surface area contributed by atoms with Gasteiger partial charge in [-0.25, -0.2) is 0 Å². The number of H-pyrrole nitrogens is 1. The van der Waals surface area contributed by atoms with Gasteiger partial charge in [0.1, 0.15) is 0 Å². The first-order valence-electron chi connectivity index (χ1n) is 3.58. The molecule has 0 aromatic carbocycles. The Hall–Kier alpha value is -0.870. The first kappa shape index (κ1) is 8.23. The minimum Gasteiger partial charge on any atom is -0.394 e. The lowest BCUT2D eigenvalue weighted by molar-refractivity contribution is 0.248. The Morgan fingerprint density at radius 3 is 2.91 bits per heavy atom. The molecule has 0 fully saturated rings.